The van der Waals surface area contributed by atoms with Gasteiger partial charge in [-0.15, -0.1) is 22.7 Å². The van der Waals surface area contributed by atoms with Crippen LogP contribution in [0.5, 0.6) is 5.88 Å². The van der Waals surface area contributed by atoms with Crippen LogP contribution in [-0.2, 0) is 0 Å². The summed E-state index contributed by atoms with van der Waals surface area (Å²) in [5.74, 6) is -0.400. The van der Waals surface area contributed by atoms with Crippen molar-refractivity contribution in [3.8, 4) is 17.1 Å². The average molecular weight is 505 g/mol. The van der Waals surface area contributed by atoms with Gasteiger partial charge in [-0.25, -0.2) is 4.99 Å². The number of amides is 1. The van der Waals surface area contributed by atoms with Gasteiger partial charge in [0.2, 0.25) is 0 Å². The number of rotatable bonds is 6. The van der Waals surface area contributed by atoms with Crippen molar-refractivity contribution in [2.24, 2.45) is 4.99 Å². The van der Waals surface area contributed by atoms with Crippen molar-refractivity contribution in [1.29, 1.82) is 0 Å². The number of aromatic amines is 1. The van der Waals surface area contributed by atoms with Crippen molar-refractivity contribution in [3.05, 3.63) is 121 Å². The van der Waals surface area contributed by atoms with E-state index in [0.717, 1.165) is 22.3 Å². The predicted octanol–water partition coefficient (Wildman–Crippen LogP) is 7.84. The van der Waals surface area contributed by atoms with Crippen molar-refractivity contribution in [1.82, 2.24) is 4.98 Å². The lowest BCUT2D eigenvalue weighted by Crippen LogP contribution is -1.99. The Morgan fingerprint density at radius 3 is 1.78 bits per heavy atom. The van der Waals surface area contributed by atoms with Gasteiger partial charge in [-0.3, -0.25) is 4.79 Å². The second-order valence-corrected chi connectivity index (χ2v) is 10.3. The Balaban J connectivity index is 1.26. The lowest BCUT2D eigenvalue weighted by Gasteiger charge is -2.02. The number of aliphatic imine (C=N–C) groups is 1. The van der Waals surface area contributed by atoms with E-state index in [1.54, 1.807) is 22.7 Å². The molecule has 5 aromatic rings. The maximum absolute atomic E-state index is 12.9. The van der Waals surface area contributed by atoms with E-state index >= 15 is 0 Å². The first-order valence-corrected chi connectivity index (χ1v) is 13.1. The number of carbonyl (C=O) groups is 1. The van der Waals surface area contributed by atoms with Crippen LogP contribution in [0.15, 0.2) is 88.5 Å². The molecular weight excluding hydrogens is 484 g/mol. The number of hydrogen-bond acceptors (Lipinski definition) is 4. The smallest absolute Gasteiger partial charge is 0.280 e. The Morgan fingerprint density at radius 1 is 0.694 bits per heavy atom. The highest BCUT2D eigenvalue weighted by atomic mass is 32.1. The van der Waals surface area contributed by atoms with E-state index in [4.69, 9.17) is 0 Å². The molecule has 3 aromatic heterocycles. The summed E-state index contributed by atoms with van der Waals surface area (Å²) in [6, 6.07) is 23.9. The summed E-state index contributed by atoms with van der Waals surface area (Å²) in [7, 11) is 0. The molecule has 36 heavy (non-hydrogen) atoms. The van der Waals surface area contributed by atoms with Crippen molar-refractivity contribution in [2.45, 2.75) is 0 Å². The topological polar surface area (TPSA) is 65.4 Å². The fourth-order valence-corrected chi connectivity index (χ4v) is 5.45. The Kier molecular flexibility index (Phi) is 5.81. The minimum atomic E-state index is -0.352. The first kappa shape index (κ1) is 22.2. The molecule has 0 bridgehead atoms. The molecule has 0 saturated carbocycles. The van der Waals surface area contributed by atoms with Gasteiger partial charge in [-0.2, -0.15) is 0 Å². The Hall–Kier alpha value is -4.26. The molecule has 0 fully saturated rings. The molecule has 0 radical (unpaired) electrons. The highest BCUT2D eigenvalue weighted by Crippen LogP contribution is 2.38. The van der Waals surface area contributed by atoms with Crippen LogP contribution in [0.3, 0.4) is 0 Å². The van der Waals surface area contributed by atoms with Gasteiger partial charge in [0.15, 0.2) is 5.88 Å². The summed E-state index contributed by atoms with van der Waals surface area (Å²) in [4.78, 5) is 22.6. The fraction of sp³-hybridized carbons (Fsp3) is 0. The largest absolute Gasteiger partial charge is 0.494 e. The number of benzene rings is 2. The normalized spacial score (nSPS) is 13.1. The number of fused-ring (bicyclic) bond motifs is 1. The highest BCUT2D eigenvalue weighted by Gasteiger charge is 2.33. The van der Waals surface area contributed by atoms with E-state index in [0.29, 0.717) is 22.5 Å². The maximum Gasteiger partial charge on any atom is 0.280 e. The number of nitrogens with one attached hydrogen (secondary N) is 1. The molecule has 2 N–H and O–H groups in total. The van der Waals surface area contributed by atoms with Crippen molar-refractivity contribution in [3.63, 3.8) is 0 Å². The molecule has 174 valence electrons. The van der Waals surface area contributed by atoms with Crippen molar-refractivity contribution < 1.29 is 9.90 Å². The summed E-state index contributed by atoms with van der Waals surface area (Å²) in [6.45, 7) is 0. The number of aromatic hydroxyl groups is 1. The van der Waals surface area contributed by atoms with E-state index in [1.807, 2.05) is 77.5 Å². The summed E-state index contributed by atoms with van der Waals surface area (Å²) in [5, 5.41) is 14.8. The minimum Gasteiger partial charge on any atom is -0.494 e. The third kappa shape index (κ3) is 4.28. The molecule has 1 aliphatic heterocycles. The van der Waals surface area contributed by atoms with Crippen LogP contribution in [0.2, 0.25) is 0 Å². The Labute approximate surface area is 216 Å². The molecule has 0 unspecified atom stereocenters. The van der Waals surface area contributed by atoms with Gasteiger partial charge >= 0.3 is 0 Å². The molecule has 0 atom stereocenters. The number of carbonyl (C=O) groups excluding carboxylic acids is 1. The number of H-pyrrole nitrogens is 1. The number of nitrogens with zero attached hydrogens (tertiary/aromatic N) is 1. The zero-order valence-electron chi connectivity index (χ0n) is 19.0. The molecule has 0 spiro atoms. The zero-order chi connectivity index (χ0) is 24.5. The van der Waals surface area contributed by atoms with E-state index in [2.05, 4.69) is 40.3 Å². The molecule has 0 aliphatic carbocycles. The number of thiophene rings is 2. The van der Waals surface area contributed by atoms with E-state index in [9.17, 15) is 9.90 Å². The maximum atomic E-state index is 12.9. The molecule has 6 heteroatoms. The van der Waals surface area contributed by atoms with Crippen LogP contribution >= 0.6 is 22.7 Å². The summed E-state index contributed by atoms with van der Waals surface area (Å²) in [6.07, 6.45) is 8.25. The van der Waals surface area contributed by atoms with Crippen molar-refractivity contribution >= 4 is 58.6 Å². The van der Waals surface area contributed by atoms with E-state index in [1.165, 1.54) is 9.75 Å². The van der Waals surface area contributed by atoms with E-state index < -0.39 is 0 Å². The Bertz CT molecular complexity index is 1620. The van der Waals surface area contributed by atoms with Gasteiger partial charge in [0, 0.05) is 15.3 Å². The quantitative estimate of drug-likeness (QED) is 0.247. The average Bonchev–Trinajstić information content (AvgIpc) is 3.70. The number of hydrogen-bond donors (Lipinski definition) is 2. The first-order valence-electron chi connectivity index (χ1n) is 11.4. The van der Waals surface area contributed by atoms with E-state index in [-0.39, 0.29) is 11.8 Å². The van der Waals surface area contributed by atoms with Gasteiger partial charge in [0.05, 0.1) is 22.5 Å². The summed E-state index contributed by atoms with van der Waals surface area (Å²) < 4.78 is 0. The second-order valence-electron chi connectivity index (χ2n) is 8.31. The lowest BCUT2D eigenvalue weighted by atomic mass is 9.99. The van der Waals surface area contributed by atoms with Crippen LogP contribution in [0.4, 0.5) is 0 Å². The van der Waals surface area contributed by atoms with Crippen LogP contribution in [0.1, 0.15) is 42.4 Å². The Morgan fingerprint density at radius 2 is 1.25 bits per heavy atom. The standard InChI is InChI=1S/C30H20N2O2S2/c33-29-25-26(28(32-29)22-13-7-20(8-14-22)10-16-24-4-2-18-36-24)30(34)31-27(25)21-11-5-19(6-12-21)9-15-23-3-1-17-35-23/h1-18,31,34H/b15-9+,16-10+. The molecule has 4 nitrogen and oxygen atoms in total. The van der Waals surface area contributed by atoms with Gasteiger partial charge < -0.3 is 10.1 Å². The number of aromatic nitrogens is 1. The lowest BCUT2D eigenvalue weighted by molar-refractivity contribution is 0.101. The van der Waals surface area contributed by atoms with Crippen LogP contribution < -0.4 is 0 Å². The monoisotopic (exact) mass is 504 g/mol. The summed E-state index contributed by atoms with van der Waals surface area (Å²) >= 11 is 3.37. The van der Waals surface area contributed by atoms with Gasteiger partial charge in [-0.05, 0) is 51.7 Å². The zero-order valence-corrected chi connectivity index (χ0v) is 20.6. The second kappa shape index (κ2) is 9.41. The van der Waals surface area contributed by atoms with Crippen molar-refractivity contribution in [2.75, 3.05) is 0 Å². The predicted molar refractivity (Wildman–Crippen MR) is 151 cm³/mol. The molecule has 0 saturated heterocycles. The molecular formula is C30H20N2O2S2. The first-order chi connectivity index (χ1) is 17.7. The fourth-order valence-electron chi connectivity index (χ4n) is 4.21. The van der Waals surface area contributed by atoms with Gasteiger partial charge in [0.25, 0.3) is 5.91 Å². The minimum absolute atomic E-state index is 0.0482. The van der Waals surface area contributed by atoms with Crippen LogP contribution in [-0.4, -0.2) is 21.7 Å². The molecule has 1 amide bonds. The summed E-state index contributed by atoms with van der Waals surface area (Å²) in [5.41, 5.74) is 5.63. The molecule has 1 aliphatic rings. The SMILES string of the molecule is O=C1N=C(c2ccc(/C=C/c3cccs3)cc2)c2c(O)[nH]c(-c3ccc(/C=C/c4cccs4)cc3)c21. The molecule has 6 rings (SSSR count). The third-order valence-electron chi connectivity index (χ3n) is 5.99. The molecule has 4 heterocycles. The van der Waals surface area contributed by atoms with Gasteiger partial charge in [0.1, 0.15) is 0 Å². The third-order valence-corrected chi connectivity index (χ3v) is 7.67. The van der Waals surface area contributed by atoms with Crippen LogP contribution in [0.25, 0.3) is 35.6 Å². The van der Waals surface area contributed by atoms with Crippen LogP contribution in [0, 0.1) is 0 Å². The van der Waals surface area contributed by atoms with Gasteiger partial charge in [-0.1, -0.05) is 72.8 Å². The highest BCUT2D eigenvalue weighted by molar-refractivity contribution is 7.11. The molecule has 2 aromatic carbocycles.